The van der Waals surface area contributed by atoms with E-state index in [1.807, 2.05) is 6.08 Å². The maximum atomic E-state index is 13.1. The van der Waals surface area contributed by atoms with E-state index in [1.54, 1.807) is 14.2 Å². The van der Waals surface area contributed by atoms with Crippen molar-refractivity contribution in [2.75, 3.05) is 27.6 Å². The van der Waals surface area contributed by atoms with Crippen LogP contribution < -0.4 is 0 Å². The van der Waals surface area contributed by atoms with Crippen LogP contribution in [0.3, 0.4) is 0 Å². The third kappa shape index (κ3) is 8.28. The van der Waals surface area contributed by atoms with E-state index in [2.05, 4.69) is 60.7 Å². The van der Waals surface area contributed by atoms with Crippen molar-refractivity contribution in [2.24, 2.45) is 17.8 Å². The summed E-state index contributed by atoms with van der Waals surface area (Å²) in [5.74, 6) is -0.397. The van der Waals surface area contributed by atoms with Gasteiger partial charge in [0.2, 0.25) is 0 Å². The number of carbonyl (C=O) groups is 1. The van der Waals surface area contributed by atoms with Crippen molar-refractivity contribution >= 4 is 14.3 Å². The van der Waals surface area contributed by atoms with Crippen LogP contribution >= 0.6 is 0 Å². The SMILES string of the molecule is COCO[C@@H]([C@H](C)CO[Si](C)(C)C(C)(C)C)[C@@H](OC(=O)[C@H]1CCC=C[C@H]1OC)C(C)C. The van der Waals surface area contributed by atoms with Crippen LogP contribution in [0.1, 0.15) is 54.4 Å². The third-order valence-corrected chi connectivity index (χ3v) is 11.1. The summed E-state index contributed by atoms with van der Waals surface area (Å²) in [5, 5.41) is 0.128. The molecule has 0 aromatic heterocycles. The van der Waals surface area contributed by atoms with Crippen LogP contribution in [0.25, 0.3) is 0 Å². The number of allylic oxidation sites excluding steroid dienone is 1. The lowest BCUT2D eigenvalue weighted by atomic mass is 9.90. The highest BCUT2D eigenvalue weighted by Gasteiger charge is 2.40. The Kier molecular flexibility index (Phi) is 11.4. The van der Waals surface area contributed by atoms with Crippen LogP contribution in [0.15, 0.2) is 12.2 Å². The second-order valence-electron chi connectivity index (χ2n) is 10.5. The number of hydrogen-bond acceptors (Lipinski definition) is 6. The molecule has 0 saturated heterocycles. The van der Waals surface area contributed by atoms with E-state index in [9.17, 15) is 4.79 Å². The molecule has 0 N–H and O–H groups in total. The van der Waals surface area contributed by atoms with E-state index in [0.29, 0.717) is 6.61 Å². The number of rotatable bonds is 12. The highest BCUT2D eigenvalue weighted by Crippen LogP contribution is 2.37. The first kappa shape index (κ1) is 28.3. The van der Waals surface area contributed by atoms with Gasteiger partial charge in [0.25, 0.3) is 0 Å². The Morgan fingerprint density at radius 2 is 1.77 bits per heavy atom. The van der Waals surface area contributed by atoms with Gasteiger partial charge in [-0.25, -0.2) is 0 Å². The zero-order chi connectivity index (χ0) is 23.8. The summed E-state index contributed by atoms with van der Waals surface area (Å²) >= 11 is 0. The summed E-state index contributed by atoms with van der Waals surface area (Å²) in [4.78, 5) is 13.1. The molecule has 0 aromatic carbocycles. The molecule has 0 heterocycles. The number of esters is 1. The Labute approximate surface area is 191 Å². The average molecular weight is 459 g/mol. The van der Waals surface area contributed by atoms with Gasteiger partial charge < -0.3 is 23.4 Å². The lowest BCUT2D eigenvalue weighted by molar-refractivity contribution is -0.186. The van der Waals surface area contributed by atoms with Crippen molar-refractivity contribution < 1.29 is 28.2 Å². The smallest absolute Gasteiger partial charge is 0.312 e. The molecular formula is C24H46O6Si. The van der Waals surface area contributed by atoms with Crippen LogP contribution in [0.5, 0.6) is 0 Å². The van der Waals surface area contributed by atoms with E-state index in [-0.39, 0.29) is 47.8 Å². The molecule has 0 saturated carbocycles. The molecule has 31 heavy (non-hydrogen) atoms. The van der Waals surface area contributed by atoms with E-state index in [1.165, 1.54) is 0 Å². The van der Waals surface area contributed by atoms with Crippen LogP contribution in [-0.4, -0.2) is 60.2 Å². The Bertz CT molecular complexity index is 569. The molecule has 182 valence electrons. The first-order valence-electron chi connectivity index (χ1n) is 11.5. The topological polar surface area (TPSA) is 63.2 Å². The maximum absolute atomic E-state index is 13.1. The summed E-state index contributed by atoms with van der Waals surface area (Å²) < 4.78 is 29.3. The highest BCUT2D eigenvalue weighted by molar-refractivity contribution is 6.74. The number of ether oxygens (including phenoxy) is 4. The average Bonchev–Trinajstić information content (AvgIpc) is 2.70. The van der Waals surface area contributed by atoms with Crippen LogP contribution in [0, 0.1) is 17.8 Å². The molecule has 0 fully saturated rings. The van der Waals surface area contributed by atoms with Gasteiger partial charge in [-0.15, -0.1) is 0 Å². The van der Waals surface area contributed by atoms with Crippen molar-refractivity contribution in [2.45, 2.75) is 90.8 Å². The van der Waals surface area contributed by atoms with Gasteiger partial charge in [-0.1, -0.05) is 53.7 Å². The second-order valence-corrected chi connectivity index (χ2v) is 15.4. The van der Waals surface area contributed by atoms with Crippen molar-refractivity contribution in [3.05, 3.63) is 12.2 Å². The molecule has 0 bridgehead atoms. The van der Waals surface area contributed by atoms with Crippen molar-refractivity contribution in [1.29, 1.82) is 0 Å². The fourth-order valence-electron chi connectivity index (χ4n) is 3.48. The largest absolute Gasteiger partial charge is 0.459 e. The molecule has 6 nitrogen and oxygen atoms in total. The molecule has 0 spiro atoms. The Morgan fingerprint density at radius 3 is 2.29 bits per heavy atom. The van der Waals surface area contributed by atoms with Crippen molar-refractivity contribution in [1.82, 2.24) is 0 Å². The molecule has 7 heteroatoms. The molecule has 0 radical (unpaired) electrons. The van der Waals surface area contributed by atoms with Gasteiger partial charge in [0.15, 0.2) is 8.32 Å². The standard InChI is InChI=1S/C24H46O6Si/c1-17(2)21(30-23(25)19-13-11-12-14-20(19)27-8)22(28-16-26-7)18(3)15-29-31(9,10)24(4,5)6/h12,14,17-22H,11,13,15-16H2,1-10H3/t18-,19+,20-,21+,22+/m1/s1. The molecule has 0 aromatic rings. The van der Waals surface area contributed by atoms with E-state index in [0.717, 1.165) is 12.8 Å². The van der Waals surface area contributed by atoms with Gasteiger partial charge in [-0.2, -0.15) is 0 Å². The molecule has 0 aliphatic heterocycles. The van der Waals surface area contributed by atoms with Gasteiger partial charge in [0.05, 0.1) is 12.0 Å². The fourth-order valence-corrected chi connectivity index (χ4v) is 4.60. The monoisotopic (exact) mass is 458 g/mol. The number of carbonyl (C=O) groups excluding carboxylic acids is 1. The van der Waals surface area contributed by atoms with Crippen molar-refractivity contribution in [3.8, 4) is 0 Å². The highest BCUT2D eigenvalue weighted by atomic mass is 28.4. The number of methoxy groups -OCH3 is 2. The summed E-state index contributed by atoms with van der Waals surface area (Å²) in [5.41, 5.74) is 0. The van der Waals surface area contributed by atoms with Gasteiger partial charge in [-0.05, 0) is 36.9 Å². The van der Waals surface area contributed by atoms with Gasteiger partial charge in [-0.3, -0.25) is 4.79 Å². The molecule has 1 aliphatic carbocycles. The summed E-state index contributed by atoms with van der Waals surface area (Å²) in [7, 11) is 1.33. The zero-order valence-electron chi connectivity index (χ0n) is 21.4. The number of hydrogen-bond donors (Lipinski definition) is 0. The fraction of sp³-hybridized carbons (Fsp3) is 0.875. The normalized spacial score (nSPS) is 22.9. The predicted molar refractivity (Wildman–Crippen MR) is 126 cm³/mol. The van der Waals surface area contributed by atoms with Gasteiger partial charge in [0.1, 0.15) is 19.0 Å². The Morgan fingerprint density at radius 1 is 1.13 bits per heavy atom. The molecular weight excluding hydrogens is 412 g/mol. The zero-order valence-corrected chi connectivity index (χ0v) is 22.4. The third-order valence-electron chi connectivity index (χ3n) is 6.63. The van der Waals surface area contributed by atoms with E-state index < -0.39 is 14.4 Å². The predicted octanol–water partition coefficient (Wildman–Crippen LogP) is 5.18. The first-order valence-corrected chi connectivity index (χ1v) is 14.4. The molecule has 1 aliphatic rings. The summed E-state index contributed by atoms with van der Waals surface area (Å²) in [6, 6.07) is 0. The lowest BCUT2D eigenvalue weighted by Gasteiger charge is -2.39. The second kappa shape index (κ2) is 12.5. The lowest BCUT2D eigenvalue weighted by Crippen LogP contribution is -2.47. The molecule has 1 rings (SSSR count). The minimum Gasteiger partial charge on any atom is -0.459 e. The Hall–Kier alpha value is -0.733. The Balaban J connectivity index is 2.97. The molecule has 0 amide bonds. The van der Waals surface area contributed by atoms with Crippen LogP contribution in [0.4, 0.5) is 0 Å². The van der Waals surface area contributed by atoms with Crippen molar-refractivity contribution in [3.63, 3.8) is 0 Å². The van der Waals surface area contributed by atoms with Crippen LogP contribution in [0.2, 0.25) is 18.1 Å². The molecule has 5 atom stereocenters. The molecule has 0 unspecified atom stereocenters. The quantitative estimate of drug-likeness (QED) is 0.174. The minimum atomic E-state index is -1.90. The van der Waals surface area contributed by atoms with Crippen LogP contribution in [-0.2, 0) is 28.2 Å². The summed E-state index contributed by atoms with van der Waals surface area (Å²) in [6.07, 6.45) is 4.62. The van der Waals surface area contributed by atoms with E-state index in [4.69, 9.17) is 23.4 Å². The minimum absolute atomic E-state index is 0.0361. The first-order chi connectivity index (χ1) is 14.4. The summed E-state index contributed by atoms with van der Waals surface area (Å²) in [6.45, 7) is 18.1. The van der Waals surface area contributed by atoms with E-state index >= 15 is 0 Å². The van der Waals surface area contributed by atoms with Gasteiger partial charge in [0, 0.05) is 26.7 Å². The maximum Gasteiger partial charge on any atom is 0.312 e. The van der Waals surface area contributed by atoms with Gasteiger partial charge >= 0.3 is 5.97 Å².